The summed E-state index contributed by atoms with van der Waals surface area (Å²) in [5.74, 6) is -2.98. The van der Waals surface area contributed by atoms with Gasteiger partial charge in [0, 0.05) is 6.04 Å². The Morgan fingerprint density at radius 1 is 0.972 bits per heavy atom. The molecule has 1 heterocycles. The summed E-state index contributed by atoms with van der Waals surface area (Å²) >= 11 is 0. The smallest absolute Gasteiger partial charge is 0.420 e. The molecule has 1 unspecified atom stereocenters. The molecule has 1 saturated heterocycles. The van der Waals surface area contributed by atoms with E-state index in [-0.39, 0.29) is 48.8 Å². The molecule has 10 heteroatoms. The van der Waals surface area contributed by atoms with Crippen LogP contribution in [0, 0.1) is 11.8 Å². The van der Waals surface area contributed by atoms with Gasteiger partial charge in [-0.05, 0) is 87.0 Å². The fourth-order valence-electron chi connectivity index (χ4n) is 5.41. The fourth-order valence-corrected chi connectivity index (χ4v) is 5.41. The number of halogens is 6. The summed E-state index contributed by atoms with van der Waals surface area (Å²) in [6.07, 6.45) is -8.87. The Bertz CT molecular complexity index is 1080. The molecular formula is C26H29F6NO3. The summed E-state index contributed by atoms with van der Waals surface area (Å²) in [5, 5.41) is 9.56. The molecule has 2 aromatic rings. The molecule has 198 valence electrons. The van der Waals surface area contributed by atoms with Gasteiger partial charge in [-0.3, -0.25) is 9.69 Å². The van der Waals surface area contributed by atoms with E-state index in [0.717, 1.165) is 5.56 Å². The number of fused-ring (bicyclic) bond motifs is 1. The predicted molar refractivity (Wildman–Crippen MR) is 122 cm³/mol. The van der Waals surface area contributed by atoms with Gasteiger partial charge < -0.3 is 9.84 Å². The number of benzene rings is 2. The average Bonchev–Trinajstić information content (AvgIpc) is 2.82. The van der Waals surface area contributed by atoms with Crippen molar-refractivity contribution in [2.24, 2.45) is 11.8 Å². The number of likely N-dealkylation sites (tertiary alicyclic amines) is 1. The van der Waals surface area contributed by atoms with Gasteiger partial charge in [0.15, 0.2) is 0 Å². The Morgan fingerprint density at radius 3 is 2.17 bits per heavy atom. The molecule has 36 heavy (non-hydrogen) atoms. The lowest BCUT2D eigenvalue weighted by atomic mass is 9.87. The molecule has 1 saturated carbocycles. The highest BCUT2D eigenvalue weighted by atomic mass is 19.4. The number of piperidine rings is 1. The van der Waals surface area contributed by atoms with Crippen LogP contribution in [0.2, 0.25) is 0 Å². The van der Waals surface area contributed by atoms with Gasteiger partial charge in [0.1, 0.15) is 11.3 Å². The van der Waals surface area contributed by atoms with Crippen molar-refractivity contribution >= 4 is 16.7 Å². The highest BCUT2D eigenvalue weighted by molar-refractivity contribution is 5.89. The van der Waals surface area contributed by atoms with Crippen LogP contribution in [0.1, 0.15) is 62.6 Å². The zero-order valence-electron chi connectivity index (χ0n) is 19.8. The van der Waals surface area contributed by atoms with E-state index < -0.39 is 35.9 Å². The zero-order chi connectivity index (χ0) is 26.3. The van der Waals surface area contributed by atoms with E-state index >= 15 is 0 Å². The van der Waals surface area contributed by atoms with Crippen LogP contribution < -0.4 is 4.74 Å². The van der Waals surface area contributed by atoms with Gasteiger partial charge in [0.05, 0.1) is 17.9 Å². The van der Waals surface area contributed by atoms with Gasteiger partial charge in [0.2, 0.25) is 0 Å². The lowest BCUT2D eigenvalue weighted by Crippen LogP contribution is -2.37. The number of ether oxygens (including phenoxy) is 1. The molecular weight excluding hydrogens is 488 g/mol. The monoisotopic (exact) mass is 517 g/mol. The second-order valence-corrected chi connectivity index (χ2v) is 9.87. The molecule has 1 aliphatic carbocycles. The van der Waals surface area contributed by atoms with Crippen molar-refractivity contribution in [1.82, 2.24) is 4.90 Å². The van der Waals surface area contributed by atoms with E-state index in [1.165, 1.54) is 12.1 Å². The van der Waals surface area contributed by atoms with Crippen molar-refractivity contribution in [3.63, 3.8) is 0 Å². The number of hydrogen-bond acceptors (Lipinski definition) is 3. The van der Waals surface area contributed by atoms with Crippen LogP contribution in [0.15, 0.2) is 30.3 Å². The van der Waals surface area contributed by atoms with Gasteiger partial charge in [-0.2, -0.15) is 26.3 Å². The Morgan fingerprint density at radius 2 is 1.61 bits per heavy atom. The summed E-state index contributed by atoms with van der Waals surface area (Å²) in [6, 6.07) is 7.47. The maximum atomic E-state index is 14.1. The quantitative estimate of drug-likeness (QED) is 0.426. The van der Waals surface area contributed by atoms with Gasteiger partial charge in [-0.15, -0.1) is 0 Å². The third-order valence-electron chi connectivity index (χ3n) is 7.63. The first kappa shape index (κ1) is 26.6. The summed E-state index contributed by atoms with van der Waals surface area (Å²) in [7, 11) is 0. The first-order valence-corrected chi connectivity index (χ1v) is 12.2. The highest BCUT2D eigenvalue weighted by Gasteiger charge is 2.43. The molecule has 1 atom stereocenters. The lowest BCUT2D eigenvalue weighted by Gasteiger charge is -2.35. The minimum atomic E-state index is -4.70. The molecule has 4 nitrogen and oxygen atoms in total. The summed E-state index contributed by atoms with van der Waals surface area (Å²) in [4.78, 5) is 13.3. The minimum Gasteiger partial charge on any atom is -0.490 e. The largest absolute Gasteiger partial charge is 0.490 e. The average molecular weight is 518 g/mol. The van der Waals surface area contributed by atoms with Crippen LogP contribution in [0.4, 0.5) is 26.3 Å². The molecule has 0 spiro atoms. The molecule has 4 rings (SSSR count). The molecule has 1 N–H and O–H groups in total. The molecule has 2 aliphatic rings. The van der Waals surface area contributed by atoms with Crippen LogP contribution in [0.5, 0.6) is 5.75 Å². The fraction of sp³-hybridized carbons (Fsp3) is 0.577. The van der Waals surface area contributed by atoms with Crippen LogP contribution in [-0.2, 0) is 11.0 Å². The Kier molecular flexibility index (Phi) is 7.46. The van der Waals surface area contributed by atoms with E-state index in [1.54, 1.807) is 18.2 Å². The summed E-state index contributed by atoms with van der Waals surface area (Å²) < 4.78 is 86.8. The van der Waals surface area contributed by atoms with E-state index in [0.29, 0.717) is 31.3 Å². The third-order valence-corrected chi connectivity index (χ3v) is 7.63. The van der Waals surface area contributed by atoms with E-state index in [9.17, 15) is 36.2 Å². The van der Waals surface area contributed by atoms with Crippen molar-refractivity contribution in [2.75, 3.05) is 13.1 Å². The normalized spacial score (nSPS) is 23.5. The molecule has 2 fully saturated rings. The van der Waals surface area contributed by atoms with Gasteiger partial charge in [0.25, 0.3) is 0 Å². The number of hydrogen-bond donors (Lipinski definition) is 1. The van der Waals surface area contributed by atoms with Crippen molar-refractivity contribution in [3.05, 3.63) is 41.5 Å². The molecule has 2 aromatic carbocycles. The van der Waals surface area contributed by atoms with E-state index in [1.807, 2.05) is 6.92 Å². The predicted octanol–water partition coefficient (Wildman–Crippen LogP) is 7.22. The van der Waals surface area contributed by atoms with Crippen molar-refractivity contribution < 1.29 is 41.0 Å². The number of carbonyl (C=O) groups is 1. The van der Waals surface area contributed by atoms with Gasteiger partial charge >= 0.3 is 18.3 Å². The van der Waals surface area contributed by atoms with Crippen LogP contribution >= 0.6 is 0 Å². The maximum absolute atomic E-state index is 14.1. The zero-order valence-corrected chi connectivity index (χ0v) is 19.8. The Balaban J connectivity index is 1.55. The minimum absolute atomic E-state index is 0.0236. The number of alkyl halides is 6. The number of carboxylic acid groups (broad SMARTS) is 1. The molecule has 1 aliphatic heterocycles. The van der Waals surface area contributed by atoms with Crippen molar-refractivity contribution in [3.8, 4) is 5.75 Å². The number of nitrogens with zero attached hydrogens (tertiary/aromatic N) is 1. The van der Waals surface area contributed by atoms with Gasteiger partial charge in [-0.1, -0.05) is 18.2 Å². The van der Waals surface area contributed by atoms with E-state index in [4.69, 9.17) is 4.74 Å². The Hall–Kier alpha value is -2.49. The van der Waals surface area contributed by atoms with Crippen molar-refractivity contribution in [2.45, 2.75) is 69.9 Å². The van der Waals surface area contributed by atoms with Gasteiger partial charge in [-0.25, -0.2) is 0 Å². The first-order chi connectivity index (χ1) is 16.8. The highest BCUT2D eigenvalue weighted by Crippen LogP contribution is 2.44. The third kappa shape index (κ3) is 5.74. The molecule has 0 radical (unpaired) electrons. The lowest BCUT2D eigenvalue weighted by molar-refractivity contribution is -0.185. The Labute approximate surface area is 205 Å². The molecule has 0 amide bonds. The first-order valence-electron chi connectivity index (χ1n) is 12.2. The summed E-state index contributed by atoms with van der Waals surface area (Å²) in [6.45, 7) is 3.13. The van der Waals surface area contributed by atoms with E-state index in [2.05, 4.69) is 4.90 Å². The van der Waals surface area contributed by atoms with Crippen molar-refractivity contribution in [1.29, 1.82) is 0 Å². The summed E-state index contributed by atoms with van der Waals surface area (Å²) in [5.41, 5.74) is -0.0945. The van der Waals surface area contributed by atoms with Crippen LogP contribution in [-0.4, -0.2) is 41.3 Å². The number of rotatable bonds is 5. The topological polar surface area (TPSA) is 49.8 Å². The second kappa shape index (κ2) is 10.1. The number of aliphatic carboxylic acids is 1. The van der Waals surface area contributed by atoms with Crippen LogP contribution in [0.3, 0.4) is 0 Å². The molecule has 0 bridgehead atoms. The second-order valence-electron chi connectivity index (χ2n) is 9.87. The maximum Gasteiger partial charge on any atom is 0.420 e. The van der Waals surface area contributed by atoms with Crippen LogP contribution in [0.25, 0.3) is 10.8 Å². The SMILES string of the molecule is CC(c1ccc2c(C(F)(F)F)c(OC3CCC(C(F)(F)F)CC3)ccc2c1)N1CCC(C(=O)O)CC1. The standard InChI is InChI=1S/C26H29F6NO3/c1-15(33-12-10-16(11-13-33)24(34)35)17-2-8-21-18(14-17)3-9-22(23(21)26(30,31)32)36-20-6-4-19(5-7-20)25(27,28)29/h2-3,8-9,14-16,19-20H,4-7,10-13H2,1H3,(H,34,35). The number of carboxylic acids is 1. The molecule has 0 aromatic heterocycles.